The van der Waals surface area contributed by atoms with Crippen LogP contribution in [0.3, 0.4) is 0 Å². The van der Waals surface area contributed by atoms with Gasteiger partial charge in [-0.05, 0) is 25.0 Å². The minimum Gasteiger partial charge on any atom is -0.342 e. The van der Waals surface area contributed by atoms with Crippen LogP contribution in [0.4, 0.5) is 0 Å². The summed E-state index contributed by atoms with van der Waals surface area (Å²) in [5.41, 5.74) is 0. The monoisotopic (exact) mass is 277 g/mol. The molecule has 1 saturated heterocycles. The summed E-state index contributed by atoms with van der Waals surface area (Å²) in [5, 5.41) is 0. The molecule has 2 rings (SSSR count). The van der Waals surface area contributed by atoms with E-state index in [0.717, 1.165) is 19.4 Å². The summed E-state index contributed by atoms with van der Waals surface area (Å²) >= 11 is 0. The fourth-order valence-electron chi connectivity index (χ4n) is 2.68. The van der Waals surface area contributed by atoms with Gasteiger partial charge in [-0.2, -0.15) is 0 Å². The van der Waals surface area contributed by atoms with E-state index in [4.69, 9.17) is 0 Å². The van der Waals surface area contributed by atoms with Crippen LogP contribution in [0.15, 0.2) is 24.5 Å². The molecular formula is C15H23N3O2. The van der Waals surface area contributed by atoms with E-state index in [1.807, 2.05) is 40.9 Å². The molecule has 1 aliphatic rings. The molecule has 0 aliphatic carbocycles. The van der Waals surface area contributed by atoms with Gasteiger partial charge in [0.15, 0.2) is 0 Å². The zero-order chi connectivity index (χ0) is 14.5. The molecule has 5 heteroatoms. The zero-order valence-electron chi connectivity index (χ0n) is 12.3. The average molecular weight is 277 g/mol. The quantitative estimate of drug-likeness (QED) is 0.819. The van der Waals surface area contributed by atoms with Gasteiger partial charge in [-0.25, -0.2) is 0 Å². The molecule has 0 radical (unpaired) electrons. The van der Waals surface area contributed by atoms with Crippen molar-refractivity contribution < 1.29 is 9.59 Å². The van der Waals surface area contributed by atoms with Gasteiger partial charge in [0.05, 0.1) is 6.54 Å². The Kier molecular flexibility index (Phi) is 4.82. The van der Waals surface area contributed by atoms with Crippen LogP contribution < -0.4 is 0 Å². The second-order valence-corrected chi connectivity index (χ2v) is 5.19. The van der Waals surface area contributed by atoms with Gasteiger partial charge in [0.1, 0.15) is 6.04 Å². The molecule has 1 atom stereocenters. The van der Waals surface area contributed by atoms with Crippen LogP contribution in [0.1, 0.15) is 32.7 Å². The molecule has 20 heavy (non-hydrogen) atoms. The Hall–Kier alpha value is -1.78. The van der Waals surface area contributed by atoms with Gasteiger partial charge in [0.25, 0.3) is 0 Å². The molecule has 5 nitrogen and oxygen atoms in total. The Balaban J connectivity index is 2.01. The van der Waals surface area contributed by atoms with E-state index in [1.54, 1.807) is 4.90 Å². The smallest absolute Gasteiger partial charge is 0.246 e. The number of aromatic nitrogens is 1. The summed E-state index contributed by atoms with van der Waals surface area (Å²) in [4.78, 5) is 28.1. The van der Waals surface area contributed by atoms with Crippen molar-refractivity contribution in [1.82, 2.24) is 14.4 Å². The van der Waals surface area contributed by atoms with Crippen molar-refractivity contribution in [2.24, 2.45) is 0 Å². The summed E-state index contributed by atoms with van der Waals surface area (Å²) in [5.74, 6) is 0.113. The normalized spacial score (nSPS) is 17.4. The molecule has 2 amide bonds. The maximum Gasteiger partial charge on any atom is 0.246 e. The van der Waals surface area contributed by atoms with Crippen LogP contribution >= 0.6 is 0 Å². The molecule has 0 spiro atoms. The SMILES string of the molecule is CCCN1CCN(C(=O)[C@H](CC)n2cccc2)CC1=O. The summed E-state index contributed by atoms with van der Waals surface area (Å²) in [6, 6.07) is 3.64. The van der Waals surface area contributed by atoms with Gasteiger partial charge in [-0.1, -0.05) is 13.8 Å². The fourth-order valence-corrected chi connectivity index (χ4v) is 2.68. The maximum absolute atomic E-state index is 12.6. The lowest BCUT2D eigenvalue weighted by molar-refractivity contribution is -0.147. The van der Waals surface area contributed by atoms with E-state index in [9.17, 15) is 9.59 Å². The van der Waals surface area contributed by atoms with E-state index >= 15 is 0 Å². The lowest BCUT2D eigenvalue weighted by Gasteiger charge is -2.36. The van der Waals surface area contributed by atoms with Crippen molar-refractivity contribution in [3.8, 4) is 0 Å². The van der Waals surface area contributed by atoms with Crippen LogP contribution in [-0.2, 0) is 9.59 Å². The summed E-state index contributed by atoms with van der Waals surface area (Å²) in [6.07, 6.45) is 5.50. The number of carbonyl (C=O) groups is 2. The Morgan fingerprint density at radius 3 is 2.50 bits per heavy atom. The lowest BCUT2D eigenvalue weighted by Crippen LogP contribution is -2.53. The number of amides is 2. The molecule has 0 aromatic carbocycles. The summed E-state index contributed by atoms with van der Waals surface area (Å²) in [6.45, 7) is 6.36. The van der Waals surface area contributed by atoms with Crippen LogP contribution in [0.5, 0.6) is 0 Å². The molecule has 110 valence electrons. The molecule has 1 fully saturated rings. The highest BCUT2D eigenvalue weighted by molar-refractivity contribution is 5.87. The minimum absolute atomic E-state index is 0.0493. The molecule has 1 aliphatic heterocycles. The van der Waals surface area contributed by atoms with Crippen LogP contribution in [0.25, 0.3) is 0 Å². The second kappa shape index (κ2) is 6.59. The summed E-state index contributed by atoms with van der Waals surface area (Å²) in [7, 11) is 0. The average Bonchev–Trinajstić information content (AvgIpc) is 2.96. The molecule has 1 aromatic heterocycles. The molecule has 1 aromatic rings. The first kappa shape index (κ1) is 14.6. The van der Waals surface area contributed by atoms with Crippen LogP contribution in [0.2, 0.25) is 0 Å². The van der Waals surface area contributed by atoms with Crippen LogP contribution in [-0.4, -0.2) is 52.4 Å². The Bertz CT molecular complexity index is 456. The van der Waals surface area contributed by atoms with Gasteiger partial charge >= 0.3 is 0 Å². The third-order valence-electron chi connectivity index (χ3n) is 3.78. The molecule has 0 unspecified atom stereocenters. The van der Waals surface area contributed by atoms with Crippen molar-refractivity contribution in [3.05, 3.63) is 24.5 Å². The highest BCUT2D eigenvalue weighted by Gasteiger charge is 2.30. The second-order valence-electron chi connectivity index (χ2n) is 5.19. The van der Waals surface area contributed by atoms with Gasteiger partial charge in [-0.15, -0.1) is 0 Å². The van der Waals surface area contributed by atoms with Crippen molar-refractivity contribution in [1.29, 1.82) is 0 Å². The first-order chi connectivity index (χ1) is 9.67. The first-order valence-electron chi connectivity index (χ1n) is 7.36. The van der Waals surface area contributed by atoms with Gasteiger partial charge in [0, 0.05) is 32.0 Å². The highest BCUT2D eigenvalue weighted by atomic mass is 16.2. The predicted molar refractivity (Wildman–Crippen MR) is 77.2 cm³/mol. The van der Waals surface area contributed by atoms with Crippen molar-refractivity contribution in [2.75, 3.05) is 26.2 Å². The maximum atomic E-state index is 12.6. The van der Waals surface area contributed by atoms with Gasteiger partial charge in [0.2, 0.25) is 11.8 Å². The van der Waals surface area contributed by atoms with E-state index in [2.05, 4.69) is 6.92 Å². The van der Waals surface area contributed by atoms with Crippen molar-refractivity contribution >= 4 is 11.8 Å². The number of hydrogen-bond acceptors (Lipinski definition) is 2. The van der Waals surface area contributed by atoms with E-state index in [1.165, 1.54) is 0 Å². The van der Waals surface area contributed by atoms with E-state index < -0.39 is 0 Å². The van der Waals surface area contributed by atoms with E-state index in [-0.39, 0.29) is 24.4 Å². The topological polar surface area (TPSA) is 45.5 Å². The first-order valence-corrected chi connectivity index (χ1v) is 7.36. The molecule has 0 saturated carbocycles. The molecule has 0 bridgehead atoms. The predicted octanol–water partition coefficient (Wildman–Crippen LogP) is 1.52. The molecule has 2 heterocycles. The van der Waals surface area contributed by atoms with E-state index in [0.29, 0.717) is 13.1 Å². The standard InChI is InChI=1S/C15H23N3O2/c1-3-7-17-10-11-18(12-14(17)19)15(20)13(4-2)16-8-5-6-9-16/h5-6,8-9,13H,3-4,7,10-12H2,1-2H3/t13-/m0/s1. The van der Waals surface area contributed by atoms with Crippen LogP contribution in [0, 0.1) is 0 Å². The highest BCUT2D eigenvalue weighted by Crippen LogP contribution is 2.17. The third kappa shape index (κ3) is 3.03. The number of nitrogens with zero attached hydrogens (tertiary/aromatic N) is 3. The van der Waals surface area contributed by atoms with Crippen molar-refractivity contribution in [2.45, 2.75) is 32.7 Å². The summed E-state index contributed by atoms with van der Waals surface area (Å²) < 4.78 is 1.92. The Labute approximate surface area is 120 Å². The molecule has 0 N–H and O–H groups in total. The van der Waals surface area contributed by atoms with Crippen molar-refractivity contribution in [3.63, 3.8) is 0 Å². The molecular weight excluding hydrogens is 254 g/mol. The largest absolute Gasteiger partial charge is 0.342 e. The van der Waals surface area contributed by atoms with Gasteiger partial charge < -0.3 is 14.4 Å². The third-order valence-corrected chi connectivity index (χ3v) is 3.78. The lowest BCUT2D eigenvalue weighted by atomic mass is 10.1. The minimum atomic E-state index is -0.199. The Morgan fingerprint density at radius 2 is 1.95 bits per heavy atom. The number of piperazine rings is 1. The fraction of sp³-hybridized carbons (Fsp3) is 0.600. The number of carbonyl (C=O) groups excluding carboxylic acids is 2. The number of rotatable bonds is 5. The van der Waals surface area contributed by atoms with Gasteiger partial charge in [-0.3, -0.25) is 9.59 Å². The zero-order valence-corrected chi connectivity index (χ0v) is 12.3. The Morgan fingerprint density at radius 1 is 1.25 bits per heavy atom. The number of hydrogen-bond donors (Lipinski definition) is 0.